The molecule has 0 spiro atoms. The van der Waals surface area contributed by atoms with E-state index in [9.17, 15) is 4.79 Å². The number of amides is 2. The molecule has 5 heteroatoms. The topological polar surface area (TPSA) is 63.2 Å². The summed E-state index contributed by atoms with van der Waals surface area (Å²) >= 11 is 0. The molecule has 26 heavy (non-hydrogen) atoms. The highest BCUT2D eigenvalue weighted by Gasteiger charge is 2.06. The molecule has 2 aromatic rings. The van der Waals surface area contributed by atoms with Crippen LogP contribution in [0.3, 0.4) is 0 Å². The normalized spacial score (nSPS) is 10.0. The molecule has 0 radical (unpaired) electrons. The first kappa shape index (κ1) is 19.3. The average Bonchev–Trinajstić information content (AvgIpc) is 2.64. The van der Waals surface area contributed by atoms with Gasteiger partial charge >= 0.3 is 6.03 Å². The third kappa shape index (κ3) is 6.48. The van der Waals surface area contributed by atoms with Crippen molar-refractivity contribution in [2.45, 2.75) is 33.2 Å². The summed E-state index contributed by atoms with van der Waals surface area (Å²) < 4.78 is 5.35. The summed E-state index contributed by atoms with van der Waals surface area (Å²) in [6, 6.07) is 8.88. The van der Waals surface area contributed by atoms with Crippen molar-refractivity contribution in [3.63, 3.8) is 0 Å². The number of hydrogen-bond donors (Lipinski definition) is 2. The number of benzene rings is 1. The predicted octanol–water partition coefficient (Wildman–Crippen LogP) is 4.20. The van der Waals surface area contributed by atoms with E-state index < -0.39 is 0 Å². The molecule has 0 saturated carbocycles. The number of ether oxygens (including phenoxy) is 1. The van der Waals surface area contributed by atoms with Gasteiger partial charge in [0.05, 0.1) is 12.7 Å². The Morgan fingerprint density at radius 3 is 2.69 bits per heavy atom. The third-order valence-corrected chi connectivity index (χ3v) is 3.73. The first-order valence-corrected chi connectivity index (χ1v) is 8.69. The van der Waals surface area contributed by atoms with Crippen LogP contribution in [0.5, 0.6) is 5.75 Å². The number of nitrogens with zero attached hydrogens (tertiary/aromatic N) is 1. The molecule has 0 saturated heterocycles. The van der Waals surface area contributed by atoms with Crippen LogP contribution in [0.2, 0.25) is 0 Å². The molecular weight excluding hydrogens is 326 g/mol. The molecule has 0 unspecified atom stereocenters. The first-order chi connectivity index (χ1) is 12.6. The monoisotopic (exact) mass is 351 g/mol. The number of anilines is 1. The van der Waals surface area contributed by atoms with Gasteiger partial charge in [-0.05, 0) is 48.2 Å². The quantitative estimate of drug-likeness (QED) is 0.767. The number of nitrogens with one attached hydrogen (secondary N) is 2. The van der Waals surface area contributed by atoms with Crippen molar-refractivity contribution in [1.29, 1.82) is 0 Å². The summed E-state index contributed by atoms with van der Waals surface area (Å²) in [7, 11) is 1.61. The number of rotatable bonds is 6. The molecule has 0 aliphatic carbocycles. The minimum Gasteiger partial charge on any atom is -0.495 e. The number of aromatic nitrogens is 1. The van der Waals surface area contributed by atoms with Crippen molar-refractivity contribution in [3.8, 4) is 17.6 Å². The summed E-state index contributed by atoms with van der Waals surface area (Å²) in [5, 5.41) is 5.64. The van der Waals surface area contributed by atoms with Gasteiger partial charge in [0, 0.05) is 31.0 Å². The Hall–Kier alpha value is -3.00. The fourth-order valence-corrected chi connectivity index (χ4v) is 2.26. The van der Waals surface area contributed by atoms with Gasteiger partial charge in [-0.15, -0.1) is 0 Å². The summed E-state index contributed by atoms with van der Waals surface area (Å²) in [4.78, 5) is 16.0. The van der Waals surface area contributed by atoms with Crippen LogP contribution in [0.4, 0.5) is 10.5 Å². The van der Waals surface area contributed by atoms with Crippen LogP contribution >= 0.6 is 0 Å². The fraction of sp³-hybridized carbons (Fsp3) is 0.333. The average molecular weight is 351 g/mol. The molecule has 0 aliphatic rings. The summed E-state index contributed by atoms with van der Waals surface area (Å²) in [5.74, 6) is 7.64. The van der Waals surface area contributed by atoms with E-state index in [0.29, 0.717) is 23.9 Å². The molecule has 0 bridgehead atoms. The van der Waals surface area contributed by atoms with E-state index in [1.165, 1.54) is 0 Å². The van der Waals surface area contributed by atoms with Crippen LogP contribution < -0.4 is 15.4 Å². The van der Waals surface area contributed by atoms with Gasteiger partial charge in [0.2, 0.25) is 0 Å². The second kappa shape index (κ2) is 10.1. The van der Waals surface area contributed by atoms with Crippen LogP contribution in [-0.4, -0.2) is 18.1 Å². The third-order valence-electron chi connectivity index (χ3n) is 3.73. The SMILES string of the molecule is COc1ccc(NC(=O)NCc2ccncc2)cc1C#CCCC(C)C. The van der Waals surface area contributed by atoms with E-state index in [1.807, 2.05) is 24.3 Å². The number of urea groups is 1. The molecule has 0 aliphatic heterocycles. The summed E-state index contributed by atoms with van der Waals surface area (Å²) in [5.41, 5.74) is 2.43. The van der Waals surface area contributed by atoms with E-state index >= 15 is 0 Å². The van der Waals surface area contributed by atoms with Gasteiger partial charge in [-0.25, -0.2) is 4.79 Å². The van der Waals surface area contributed by atoms with E-state index in [2.05, 4.69) is 41.3 Å². The molecule has 2 amide bonds. The van der Waals surface area contributed by atoms with Crippen LogP contribution in [0.25, 0.3) is 0 Å². The smallest absolute Gasteiger partial charge is 0.319 e. The first-order valence-electron chi connectivity index (χ1n) is 8.69. The molecule has 136 valence electrons. The van der Waals surface area contributed by atoms with E-state index in [-0.39, 0.29) is 6.03 Å². The maximum absolute atomic E-state index is 12.1. The molecule has 0 atom stereocenters. The van der Waals surface area contributed by atoms with Crippen molar-refractivity contribution >= 4 is 11.7 Å². The fourth-order valence-electron chi connectivity index (χ4n) is 2.26. The summed E-state index contributed by atoms with van der Waals surface area (Å²) in [6.45, 7) is 4.79. The van der Waals surface area contributed by atoms with Gasteiger partial charge in [-0.2, -0.15) is 0 Å². The minimum absolute atomic E-state index is 0.273. The Kier molecular flexibility index (Phi) is 7.50. The van der Waals surface area contributed by atoms with Crippen molar-refractivity contribution in [2.24, 2.45) is 5.92 Å². The number of carbonyl (C=O) groups is 1. The van der Waals surface area contributed by atoms with Gasteiger partial charge in [-0.1, -0.05) is 25.7 Å². The lowest BCUT2D eigenvalue weighted by molar-refractivity contribution is 0.251. The highest BCUT2D eigenvalue weighted by Crippen LogP contribution is 2.22. The number of methoxy groups -OCH3 is 1. The maximum Gasteiger partial charge on any atom is 0.319 e. The Morgan fingerprint density at radius 1 is 1.23 bits per heavy atom. The van der Waals surface area contributed by atoms with Crippen molar-refractivity contribution in [2.75, 3.05) is 12.4 Å². The Bertz CT molecular complexity index is 777. The molecule has 1 aromatic heterocycles. The molecule has 1 heterocycles. The number of hydrogen-bond acceptors (Lipinski definition) is 3. The Balaban J connectivity index is 1.98. The standard InChI is InChI=1S/C21H25N3O2/c1-16(2)6-4-5-7-18-14-19(8-9-20(18)26-3)24-21(25)23-15-17-10-12-22-13-11-17/h8-14,16H,4,6,15H2,1-3H3,(H2,23,24,25). The zero-order valence-electron chi connectivity index (χ0n) is 15.5. The lowest BCUT2D eigenvalue weighted by Crippen LogP contribution is -2.28. The van der Waals surface area contributed by atoms with Crippen LogP contribution in [0.1, 0.15) is 37.8 Å². The number of carbonyl (C=O) groups excluding carboxylic acids is 1. The summed E-state index contributed by atoms with van der Waals surface area (Å²) in [6.07, 6.45) is 5.29. The minimum atomic E-state index is -0.273. The highest BCUT2D eigenvalue weighted by molar-refractivity contribution is 5.89. The van der Waals surface area contributed by atoms with Crippen molar-refractivity contribution < 1.29 is 9.53 Å². The maximum atomic E-state index is 12.1. The van der Waals surface area contributed by atoms with Gasteiger partial charge in [-0.3, -0.25) is 4.98 Å². The van der Waals surface area contributed by atoms with Crippen LogP contribution in [0, 0.1) is 17.8 Å². The lowest BCUT2D eigenvalue weighted by Gasteiger charge is -2.10. The van der Waals surface area contributed by atoms with Crippen molar-refractivity contribution in [3.05, 3.63) is 53.9 Å². The van der Waals surface area contributed by atoms with Crippen LogP contribution in [0.15, 0.2) is 42.7 Å². The van der Waals surface area contributed by atoms with Crippen molar-refractivity contribution in [1.82, 2.24) is 10.3 Å². The van der Waals surface area contributed by atoms with Gasteiger partial charge < -0.3 is 15.4 Å². The molecule has 2 rings (SSSR count). The second-order valence-electron chi connectivity index (χ2n) is 6.31. The molecule has 2 N–H and O–H groups in total. The largest absolute Gasteiger partial charge is 0.495 e. The van der Waals surface area contributed by atoms with Gasteiger partial charge in [0.25, 0.3) is 0 Å². The Labute approximate surface area is 155 Å². The zero-order valence-corrected chi connectivity index (χ0v) is 15.5. The molecule has 1 aromatic carbocycles. The zero-order chi connectivity index (χ0) is 18.8. The predicted molar refractivity (Wildman–Crippen MR) is 104 cm³/mol. The van der Waals surface area contributed by atoms with E-state index in [0.717, 1.165) is 24.0 Å². The number of pyridine rings is 1. The molecule has 0 fully saturated rings. The Morgan fingerprint density at radius 2 is 2.00 bits per heavy atom. The highest BCUT2D eigenvalue weighted by atomic mass is 16.5. The lowest BCUT2D eigenvalue weighted by atomic mass is 10.1. The van der Waals surface area contributed by atoms with Gasteiger partial charge in [0.1, 0.15) is 5.75 Å². The molecular formula is C21H25N3O2. The van der Waals surface area contributed by atoms with Gasteiger partial charge in [0.15, 0.2) is 0 Å². The molecule has 5 nitrogen and oxygen atoms in total. The van der Waals surface area contributed by atoms with Crippen LogP contribution in [-0.2, 0) is 6.54 Å². The van der Waals surface area contributed by atoms with E-state index in [4.69, 9.17) is 4.74 Å². The van der Waals surface area contributed by atoms with E-state index in [1.54, 1.807) is 25.6 Å². The second-order valence-corrected chi connectivity index (χ2v) is 6.31.